The fourth-order valence-electron chi connectivity index (χ4n) is 4.04. The molecule has 1 aromatic carbocycles. The molecule has 0 unspecified atom stereocenters. The quantitative estimate of drug-likeness (QED) is 0.557. The SMILES string of the molecule is O=C(COC(=O)C1CCN(c2ncccn2)CC1)Nc1cc(C2CC2)nn1-c1ccccc1. The monoisotopic (exact) mass is 446 g/mol. The van der Waals surface area contributed by atoms with Crippen molar-refractivity contribution in [2.24, 2.45) is 5.92 Å². The molecule has 0 atom stereocenters. The second kappa shape index (κ2) is 9.40. The fourth-order valence-corrected chi connectivity index (χ4v) is 4.04. The highest BCUT2D eigenvalue weighted by molar-refractivity contribution is 5.92. The van der Waals surface area contributed by atoms with Gasteiger partial charge in [0.25, 0.3) is 5.91 Å². The number of rotatable bonds is 7. The summed E-state index contributed by atoms with van der Waals surface area (Å²) in [5.41, 5.74) is 1.84. The maximum atomic E-state index is 12.6. The van der Waals surface area contributed by atoms with Gasteiger partial charge in [-0.1, -0.05) is 18.2 Å². The van der Waals surface area contributed by atoms with Gasteiger partial charge in [0, 0.05) is 37.5 Å². The summed E-state index contributed by atoms with van der Waals surface area (Å²) in [6.45, 7) is 1.03. The van der Waals surface area contributed by atoms with Crippen LogP contribution in [0.4, 0.5) is 11.8 Å². The van der Waals surface area contributed by atoms with Crippen LogP contribution in [0.15, 0.2) is 54.9 Å². The van der Waals surface area contributed by atoms with E-state index in [1.54, 1.807) is 23.1 Å². The predicted octanol–water partition coefficient (Wildman–Crippen LogP) is 2.94. The zero-order valence-electron chi connectivity index (χ0n) is 18.3. The van der Waals surface area contributed by atoms with E-state index in [4.69, 9.17) is 4.74 Å². The van der Waals surface area contributed by atoms with Crippen LogP contribution < -0.4 is 10.2 Å². The Morgan fingerprint density at radius 3 is 2.42 bits per heavy atom. The fraction of sp³-hybridized carbons (Fsp3) is 0.375. The summed E-state index contributed by atoms with van der Waals surface area (Å²) in [4.78, 5) is 35.6. The molecule has 5 rings (SSSR count). The molecule has 1 N–H and O–H groups in total. The number of anilines is 2. The first kappa shape index (κ1) is 21.1. The zero-order valence-corrected chi connectivity index (χ0v) is 18.3. The van der Waals surface area contributed by atoms with Gasteiger partial charge in [0.05, 0.1) is 17.3 Å². The topological polar surface area (TPSA) is 102 Å². The summed E-state index contributed by atoms with van der Waals surface area (Å²) in [6, 6.07) is 13.3. The highest BCUT2D eigenvalue weighted by atomic mass is 16.5. The summed E-state index contributed by atoms with van der Waals surface area (Å²) < 4.78 is 7.07. The number of nitrogens with one attached hydrogen (secondary N) is 1. The molecule has 1 aliphatic heterocycles. The molecule has 9 heteroatoms. The number of para-hydroxylation sites is 1. The van der Waals surface area contributed by atoms with E-state index in [9.17, 15) is 9.59 Å². The number of carbonyl (C=O) groups is 2. The van der Waals surface area contributed by atoms with E-state index in [1.165, 1.54) is 0 Å². The van der Waals surface area contributed by atoms with E-state index in [1.807, 2.05) is 36.4 Å². The van der Waals surface area contributed by atoms with Crippen molar-refractivity contribution in [2.45, 2.75) is 31.6 Å². The van der Waals surface area contributed by atoms with Crippen LogP contribution in [-0.2, 0) is 14.3 Å². The molecule has 2 aromatic heterocycles. The van der Waals surface area contributed by atoms with Crippen LogP contribution in [0.25, 0.3) is 5.69 Å². The van der Waals surface area contributed by atoms with Crippen LogP contribution in [0.2, 0.25) is 0 Å². The second-order valence-corrected chi connectivity index (χ2v) is 8.44. The average molecular weight is 447 g/mol. The maximum Gasteiger partial charge on any atom is 0.309 e. The molecule has 3 aromatic rings. The molecule has 9 nitrogen and oxygen atoms in total. The number of aromatic nitrogens is 4. The summed E-state index contributed by atoms with van der Waals surface area (Å²) in [6.07, 6.45) is 6.93. The van der Waals surface area contributed by atoms with Crippen molar-refractivity contribution < 1.29 is 14.3 Å². The third-order valence-electron chi connectivity index (χ3n) is 6.00. The van der Waals surface area contributed by atoms with Gasteiger partial charge in [-0.3, -0.25) is 9.59 Å². The van der Waals surface area contributed by atoms with Crippen molar-refractivity contribution >= 4 is 23.6 Å². The van der Waals surface area contributed by atoms with Crippen LogP contribution in [0, 0.1) is 5.92 Å². The minimum atomic E-state index is -0.377. The van der Waals surface area contributed by atoms with Crippen LogP contribution in [0.5, 0.6) is 0 Å². The molecule has 0 radical (unpaired) electrons. The zero-order chi connectivity index (χ0) is 22.6. The first-order valence-electron chi connectivity index (χ1n) is 11.3. The molecule has 33 heavy (non-hydrogen) atoms. The molecular formula is C24H26N6O3. The van der Waals surface area contributed by atoms with Gasteiger partial charge in [0.1, 0.15) is 5.82 Å². The molecule has 2 fully saturated rings. The molecular weight excluding hydrogens is 420 g/mol. The summed E-state index contributed by atoms with van der Waals surface area (Å²) in [5.74, 6) is 0.765. The number of ether oxygens (including phenoxy) is 1. The van der Waals surface area contributed by atoms with E-state index in [-0.39, 0.29) is 24.4 Å². The number of hydrogen-bond donors (Lipinski definition) is 1. The number of esters is 1. The smallest absolute Gasteiger partial charge is 0.309 e. The Kier molecular flexibility index (Phi) is 6.01. The van der Waals surface area contributed by atoms with Crippen molar-refractivity contribution in [1.29, 1.82) is 0 Å². The lowest BCUT2D eigenvalue weighted by Crippen LogP contribution is -2.38. The third kappa shape index (κ3) is 5.02. The maximum absolute atomic E-state index is 12.6. The van der Waals surface area contributed by atoms with Crippen LogP contribution in [0.3, 0.4) is 0 Å². The van der Waals surface area contributed by atoms with Crippen LogP contribution >= 0.6 is 0 Å². The van der Waals surface area contributed by atoms with Gasteiger partial charge in [0.15, 0.2) is 6.61 Å². The number of amides is 1. The Morgan fingerprint density at radius 2 is 1.73 bits per heavy atom. The van der Waals surface area contributed by atoms with Crippen molar-refractivity contribution in [3.63, 3.8) is 0 Å². The number of carbonyl (C=O) groups excluding carboxylic acids is 2. The predicted molar refractivity (Wildman–Crippen MR) is 122 cm³/mol. The summed E-state index contributed by atoms with van der Waals surface area (Å²) >= 11 is 0. The van der Waals surface area contributed by atoms with Gasteiger partial charge < -0.3 is 15.0 Å². The molecule has 0 spiro atoms. The molecule has 2 aliphatic rings. The highest BCUT2D eigenvalue weighted by Crippen LogP contribution is 2.40. The minimum Gasteiger partial charge on any atom is -0.455 e. The lowest BCUT2D eigenvalue weighted by Gasteiger charge is -2.30. The molecule has 1 saturated carbocycles. The van der Waals surface area contributed by atoms with Gasteiger partial charge in [-0.25, -0.2) is 14.6 Å². The van der Waals surface area contributed by atoms with Gasteiger partial charge >= 0.3 is 5.97 Å². The molecule has 0 bridgehead atoms. The Labute approximate surface area is 191 Å². The molecule has 1 saturated heterocycles. The molecule has 1 aliphatic carbocycles. The Balaban J connectivity index is 1.15. The Bertz CT molecular complexity index is 1110. The van der Waals surface area contributed by atoms with Gasteiger partial charge in [-0.15, -0.1) is 0 Å². The largest absolute Gasteiger partial charge is 0.455 e. The van der Waals surface area contributed by atoms with Crippen molar-refractivity contribution in [1.82, 2.24) is 19.7 Å². The first-order chi connectivity index (χ1) is 16.2. The molecule has 1 amide bonds. The van der Waals surface area contributed by atoms with Gasteiger partial charge in [-0.05, 0) is 43.9 Å². The van der Waals surface area contributed by atoms with E-state index in [0.29, 0.717) is 43.6 Å². The molecule has 170 valence electrons. The molecule has 3 heterocycles. The standard InChI is InChI=1S/C24H26N6O3/c31-22(16-33-23(32)18-9-13-29(14-10-18)24-25-11-4-12-26-24)27-21-15-20(17-7-8-17)28-30(21)19-5-2-1-3-6-19/h1-6,11-12,15,17-18H,7-10,13-14,16H2,(H,27,31). The third-order valence-corrected chi connectivity index (χ3v) is 6.00. The van der Waals surface area contributed by atoms with Crippen molar-refractivity contribution in [3.05, 3.63) is 60.6 Å². The highest BCUT2D eigenvalue weighted by Gasteiger charge is 2.29. The number of benzene rings is 1. The lowest BCUT2D eigenvalue weighted by atomic mass is 9.97. The Morgan fingerprint density at radius 1 is 1.00 bits per heavy atom. The van der Waals surface area contributed by atoms with Crippen molar-refractivity contribution in [3.8, 4) is 5.69 Å². The minimum absolute atomic E-state index is 0.228. The Hall–Kier alpha value is -3.75. The first-order valence-corrected chi connectivity index (χ1v) is 11.3. The van der Waals surface area contributed by atoms with E-state index in [2.05, 4.69) is 25.3 Å². The lowest BCUT2D eigenvalue weighted by molar-refractivity contribution is -0.152. The van der Waals surface area contributed by atoms with Crippen LogP contribution in [-0.4, -0.2) is 51.3 Å². The summed E-state index contributed by atoms with van der Waals surface area (Å²) in [7, 11) is 0. The number of hydrogen-bond acceptors (Lipinski definition) is 7. The second-order valence-electron chi connectivity index (χ2n) is 8.44. The van der Waals surface area contributed by atoms with E-state index < -0.39 is 0 Å². The van der Waals surface area contributed by atoms with Crippen molar-refractivity contribution in [2.75, 3.05) is 29.9 Å². The van der Waals surface area contributed by atoms with E-state index in [0.717, 1.165) is 24.2 Å². The average Bonchev–Trinajstić information content (AvgIpc) is 3.64. The number of piperidine rings is 1. The van der Waals surface area contributed by atoms with Crippen LogP contribution in [0.1, 0.15) is 37.3 Å². The van der Waals surface area contributed by atoms with Gasteiger partial charge in [0.2, 0.25) is 5.95 Å². The number of nitrogens with zero attached hydrogens (tertiary/aromatic N) is 5. The summed E-state index contributed by atoms with van der Waals surface area (Å²) in [5, 5.41) is 7.53. The van der Waals surface area contributed by atoms with E-state index >= 15 is 0 Å². The normalized spacial score (nSPS) is 16.4. The van der Waals surface area contributed by atoms with Gasteiger partial charge in [-0.2, -0.15) is 5.10 Å².